The summed E-state index contributed by atoms with van der Waals surface area (Å²) in [7, 11) is 1.73. The highest BCUT2D eigenvalue weighted by molar-refractivity contribution is 7.13. The number of methoxy groups -OCH3 is 1. The zero-order chi connectivity index (χ0) is 12.8. The molecule has 5 heteroatoms. The van der Waals surface area contributed by atoms with Gasteiger partial charge in [0.1, 0.15) is 5.82 Å². The van der Waals surface area contributed by atoms with Gasteiger partial charge in [0.15, 0.2) is 0 Å². The molecule has 98 valence electrons. The Bertz CT molecular complexity index is 447. The maximum atomic E-state index is 5.24. The summed E-state index contributed by atoms with van der Waals surface area (Å²) in [5.74, 6) is 1.03. The highest BCUT2D eigenvalue weighted by atomic mass is 32.1. The maximum Gasteiger partial charge on any atom is 0.150 e. The number of nitrogens with one attached hydrogen (secondary N) is 1. The van der Waals surface area contributed by atoms with Crippen molar-refractivity contribution in [2.45, 2.75) is 19.5 Å². The smallest absolute Gasteiger partial charge is 0.150 e. The van der Waals surface area contributed by atoms with Crippen molar-refractivity contribution >= 4 is 11.3 Å². The van der Waals surface area contributed by atoms with E-state index < -0.39 is 0 Å². The summed E-state index contributed by atoms with van der Waals surface area (Å²) in [4.78, 5) is 5.64. The number of likely N-dealkylation sites (N-methyl/N-ethyl adjacent to an activating group) is 1. The minimum Gasteiger partial charge on any atom is -0.383 e. The minimum atomic E-state index is 0.313. The van der Waals surface area contributed by atoms with Gasteiger partial charge in [0, 0.05) is 32.1 Å². The van der Waals surface area contributed by atoms with E-state index in [-0.39, 0.29) is 0 Å². The van der Waals surface area contributed by atoms with Crippen LogP contribution in [0.4, 0.5) is 0 Å². The van der Waals surface area contributed by atoms with Gasteiger partial charge in [0.25, 0.3) is 0 Å². The molecule has 0 aliphatic carbocycles. The van der Waals surface area contributed by atoms with Crippen molar-refractivity contribution in [1.82, 2.24) is 14.9 Å². The summed E-state index contributed by atoms with van der Waals surface area (Å²) in [6.45, 7) is 4.62. The Kier molecular flexibility index (Phi) is 4.92. The van der Waals surface area contributed by atoms with Gasteiger partial charge in [0.2, 0.25) is 0 Å². The largest absolute Gasteiger partial charge is 0.383 e. The molecule has 0 aliphatic heterocycles. The fraction of sp³-hybridized carbons (Fsp3) is 0.462. The zero-order valence-corrected chi connectivity index (χ0v) is 11.6. The predicted octanol–water partition coefficient (Wildman–Crippen LogP) is 2.24. The summed E-state index contributed by atoms with van der Waals surface area (Å²) < 4.78 is 7.42. The average Bonchev–Trinajstić information content (AvgIpc) is 2.99. The number of ether oxygens (including phenoxy) is 1. The average molecular weight is 265 g/mol. The van der Waals surface area contributed by atoms with Gasteiger partial charge in [0.05, 0.1) is 11.5 Å². The molecule has 0 spiro atoms. The Morgan fingerprint density at radius 3 is 3.11 bits per heavy atom. The van der Waals surface area contributed by atoms with Crippen LogP contribution >= 0.6 is 11.3 Å². The fourth-order valence-electron chi connectivity index (χ4n) is 1.99. The molecule has 0 fully saturated rings. The van der Waals surface area contributed by atoms with E-state index >= 15 is 0 Å². The van der Waals surface area contributed by atoms with E-state index in [1.54, 1.807) is 18.4 Å². The molecule has 0 amide bonds. The fourth-order valence-corrected chi connectivity index (χ4v) is 2.73. The molecule has 0 saturated heterocycles. The van der Waals surface area contributed by atoms with Crippen LogP contribution in [-0.4, -0.2) is 35.9 Å². The maximum absolute atomic E-state index is 5.24. The number of thiophene rings is 1. The summed E-state index contributed by atoms with van der Waals surface area (Å²) in [5.41, 5.74) is 0. The molecule has 0 aliphatic rings. The van der Waals surface area contributed by atoms with Crippen LogP contribution in [0.3, 0.4) is 0 Å². The molecule has 0 bridgehead atoms. The summed E-state index contributed by atoms with van der Waals surface area (Å²) in [5, 5.41) is 5.50. The molecular formula is C13H19N3OS. The lowest BCUT2D eigenvalue weighted by Gasteiger charge is -2.18. The van der Waals surface area contributed by atoms with Gasteiger partial charge in [-0.15, -0.1) is 11.3 Å². The lowest BCUT2D eigenvalue weighted by atomic mass is 10.3. The zero-order valence-electron chi connectivity index (χ0n) is 10.8. The molecule has 1 atom stereocenters. The van der Waals surface area contributed by atoms with Crippen LogP contribution in [0.2, 0.25) is 0 Å². The van der Waals surface area contributed by atoms with E-state index in [4.69, 9.17) is 4.74 Å². The predicted molar refractivity (Wildman–Crippen MR) is 74.9 cm³/mol. The lowest BCUT2D eigenvalue weighted by Crippen LogP contribution is -2.36. The third-order valence-corrected chi connectivity index (χ3v) is 3.60. The molecule has 2 aromatic heterocycles. The molecular weight excluding hydrogens is 246 g/mol. The lowest BCUT2D eigenvalue weighted by molar-refractivity contribution is 0.160. The van der Waals surface area contributed by atoms with Crippen LogP contribution in [0, 0.1) is 0 Å². The van der Waals surface area contributed by atoms with Gasteiger partial charge in [-0.25, -0.2) is 4.98 Å². The van der Waals surface area contributed by atoms with Crippen LogP contribution in [0.25, 0.3) is 10.7 Å². The van der Waals surface area contributed by atoms with E-state index in [0.717, 1.165) is 18.9 Å². The first-order valence-electron chi connectivity index (χ1n) is 6.12. The second-order valence-electron chi connectivity index (χ2n) is 4.09. The Labute approximate surface area is 112 Å². The van der Waals surface area contributed by atoms with Crippen molar-refractivity contribution in [2.75, 3.05) is 20.3 Å². The quantitative estimate of drug-likeness (QED) is 0.834. The number of hydrogen-bond acceptors (Lipinski definition) is 4. The monoisotopic (exact) mass is 265 g/mol. The Hall–Kier alpha value is -1.17. The van der Waals surface area contributed by atoms with Crippen LogP contribution in [0.5, 0.6) is 0 Å². The van der Waals surface area contributed by atoms with Crippen molar-refractivity contribution in [1.29, 1.82) is 0 Å². The van der Waals surface area contributed by atoms with Crippen LogP contribution in [-0.2, 0) is 11.3 Å². The minimum absolute atomic E-state index is 0.313. The third-order valence-electron chi connectivity index (χ3n) is 2.73. The normalized spacial score (nSPS) is 12.8. The van der Waals surface area contributed by atoms with Gasteiger partial charge >= 0.3 is 0 Å². The van der Waals surface area contributed by atoms with Crippen molar-refractivity contribution in [3.8, 4) is 10.7 Å². The Morgan fingerprint density at radius 2 is 2.44 bits per heavy atom. The molecule has 2 rings (SSSR count). The van der Waals surface area contributed by atoms with Gasteiger partial charge in [-0.1, -0.05) is 13.0 Å². The molecule has 0 radical (unpaired) electrons. The second-order valence-corrected chi connectivity index (χ2v) is 5.04. The van der Waals surface area contributed by atoms with E-state index in [0.29, 0.717) is 12.6 Å². The first-order valence-corrected chi connectivity index (χ1v) is 7.00. The van der Waals surface area contributed by atoms with E-state index in [2.05, 4.69) is 39.3 Å². The molecule has 0 saturated carbocycles. The highest BCUT2D eigenvalue weighted by Crippen LogP contribution is 2.22. The van der Waals surface area contributed by atoms with Crippen LogP contribution in [0.15, 0.2) is 29.9 Å². The van der Waals surface area contributed by atoms with Crippen molar-refractivity contribution < 1.29 is 4.74 Å². The number of aromatic nitrogens is 2. The van der Waals surface area contributed by atoms with Crippen molar-refractivity contribution in [2.24, 2.45) is 0 Å². The molecule has 2 heterocycles. The molecule has 4 nitrogen and oxygen atoms in total. The molecule has 0 aromatic carbocycles. The standard InChI is InChI=1S/C13H19N3OS/c1-3-14-11(10-17-2)9-16-7-6-15-13(16)12-5-4-8-18-12/h4-8,11,14H,3,9-10H2,1-2H3. The SMILES string of the molecule is CCNC(COC)Cn1ccnc1-c1cccs1. The topological polar surface area (TPSA) is 39.1 Å². The molecule has 1 N–H and O–H groups in total. The molecule has 18 heavy (non-hydrogen) atoms. The number of rotatable bonds is 7. The van der Waals surface area contributed by atoms with Crippen LogP contribution < -0.4 is 5.32 Å². The number of imidazole rings is 1. The highest BCUT2D eigenvalue weighted by Gasteiger charge is 2.12. The number of hydrogen-bond donors (Lipinski definition) is 1. The van der Waals surface area contributed by atoms with E-state index in [1.165, 1.54) is 4.88 Å². The summed E-state index contributed by atoms with van der Waals surface area (Å²) in [6, 6.07) is 4.46. The summed E-state index contributed by atoms with van der Waals surface area (Å²) >= 11 is 1.71. The summed E-state index contributed by atoms with van der Waals surface area (Å²) in [6.07, 6.45) is 3.87. The van der Waals surface area contributed by atoms with Gasteiger partial charge in [-0.05, 0) is 18.0 Å². The van der Waals surface area contributed by atoms with E-state index in [1.807, 2.05) is 12.4 Å². The van der Waals surface area contributed by atoms with Crippen LogP contribution in [0.1, 0.15) is 6.92 Å². The van der Waals surface area contributed by atoms with Crippen molar-refractivity contribution in [3.63, 3.8) is 0 Å². The molecule has 2 aromatic rings. The van der Waals surface area contributed by atoms with Gasteiger partial charge < -0.3 is 14.6 Å². The number of nitrogens with zero attached hydrogens (tertiary/aromatic N) is 2. The van der Waals surface area contributed by atoms with E-state index in [9.17, 15) is 0 Å². The Balaban J connectivity index is 2.11. The van der Waals surface area contributed by atoms with Crippen molar-refractivity contribution in [3.05, 3.63) is 29.9 Å². The molecule has 1 unspecified atom stereocenters. The first-order chi connectivity index (χ1) is 8.85. The van der Waals surface area contributed by atoms with Gasteiger partial charge in [-0.2, -0.15) is 0 Å². The first kappa shape index (κ1) is 13.3. The third kappa shape index (κ3) is 3.19. The Morgan fingerprint density at radius 1 is 1.56 bits per heavy atom. The second kappa shape index (κ2) is 6.68. The van der Waals surface area contributed by atoms with Gasteiger partial charge in [-0.3, -0.25) is 0 Å².